The molecule has 0 bridgehead atoms. The molecule has 4 nitrogen and oxygen atoms in total. The first-order chi connectivity index (χ1) is 6.47. The van der Waals surface area contributed by atoms with Crippen molar-refractivity contribution in [1.29, 1.82) is 0 Å². The van der Waals surface area contributed by atoms with Gasteiger partial charge in [0, 0.05) is 18.4 Å². The van der Waals surface area contributed by atoms with Crippen LogP contribution in [0.1, 0.15) is 40.0 Å². The molecular weight excluding hydrogens is 182 g/mol. The summed E-state index contributed by atoms with van der Waals surface area (Å²) in [6.07, 6.45) is 1.39. The van der Waals surface area contributed by atoms with Crippen LogP contribution in [-0.4, -0.2) is 23.0 Å². The van der Waals surface area contributed by atoms with Crippen molar-refractivity contribution >= 4 is 11.9 Å². The Morgan fingerprint density at radius 3 is 2.36 bits per heavy atom. The summed E-state index contributed by atoms with van der Waals surface area (Å²) in [6, 6.07) is -0.0624. The summed E-state index contributed by atoms with van der Waals surface area (Å²) in [7, 11) is 0. The van der Waals surface area contributed by atoms with Crippen LogP contribution < -0.4 is 5.32 Å². The first kappa shape index (κ1) is 12.9. The van der Waals surface area contributed by atoms with Gasteiger partial charge >= 0.3 is 5.97 Å². The molecule has 0 heterocycles. The summed E-state index contributed by atoms with van der Waals surface area (Å²) in [4.78, 5) is 21.6. The first-order valence-electron chi connectivity index (χ1n) is 4.99. The van der Waals surface area contributed by atoms with Gasteiger partial charge in [0.05, 0.1) is 0 Å². The summed E-state index contributed by atoms with van der Waals surface area (Å²) < 4.78 is 0. The Hall–Kier alpha value is -1.06. The molecule has 2 unspecified atom stereocenters. The van der Waals surface area contributed by atoms with Gasteiger partial charge in [0.1, 0.15) is 0 Å². The molecule has 82 valence electrons. The average Bonchev–Trinajstić information content (AvgIpc) is 2.13. The number of rotatable bonds is 6. The Morgan fingerprint density at radius 2 is 1.93 bits per heavy atom. The SMILES string of the molecule is CCC(C)C(=O)NC(C)CCC(=O)O. The van der Waals surface area contributed by atoms with Gasteiger partial charge in [-0.15, -0.1) is 0 Å². The topological polar surface area (TPSA) is 66.4 Å². The van der Waals surface area contributed by atoms with Crippen molar-refractivity contribution < 1.29 is 14.7 Å². The molecule has 0 fully saturated rings. The second-order valence-electron chi connectivity index (χ2n) is 3.65. The van der Waals surface area contributed by atoms with Crippen molar-refractivity contribution in [3.8, 4) is 0 Å². The number of carbonyl (C=O) groups excluding carboxylic acids is 1. The second-order valence-corrected chi connectivity index (χ2v) is 3.65. The molecule has 0 radical (unpaired) electrons. The van der Waals surface area contributed by atoms with E-state index in [1.54, 1.807) is 0 Å². The number of aliphatic carboxylic acids is 1. The summed E-state index contributed by atoms with van der Waals surface area (Å²) in [5.74, 6) is -0.817. The summed E-state index contributed by atoms with van der Waals surface area (Å²) in [5.41, 5.74) is 0. The average molecular weight is 201 g/mol. The molecule has 0 aliphatic heterocycles. The van der Waals surface area contributed by atoms with Gasteiger partial charge in [-0.3, -0.25) is 9.59 Å². The predicted octanol–water partition coefficient (Wildman–Crippen LogP) is 1.40. The molecule has 0 aliphatic rings. The molecule has 0 aliphatic carbocycles. The Morgan fingerprint density at radius 1 is 1.36 bits per heavy atom. The van der Waals surface area contributed by atoms with Crippen molar-refractivity contribution in [2.45, 2.75) is 46.1 Å². The molecule has 0 saturated heterocycles. The van der Waals surface area contributed by atoms with Crippen molar-refractivity contribution in [3.63, 3.8) is 0 Å². The number of hydrogen-bond donors (Lipinski definition) is 2. The lowest BCUT2D eigenvalue weighted by Gasteiger charge is -2.15. The Kier molecular flexibility index (Phi) is 5.92. The summed E-state index contributed by atoms with van der Waals surface area (Å²) in [5, 5.41) is 11.2. The molecule has 0 spiro atoms. The van der Waals surface area contributed by atoms with Crippen LogP contribution in [0.25, 0.3) is 0 Å². The minimum atomic E-state index is -0.824. The fourth-order valence-corrected chi connectivity index (χ4v) is 0.983. The van der Waals surface area contributed by atoms with Crippen molar-refractivity contribution in [2.75, 3.05) is 0 Å². The Balaban J connectivity index is 3.76. The monoisotopic (exact) mass is 201 g/mol. The molecule has 14 heavy (non-hydrogen) atoms. The fourth-order valence-electron chi connectivity index (χ4n) is 0.983. The second kappa shape index (κ2) is 6.40. The molecule has 2 N–H and O–H groups in total. The first-order valence-corrected chi connectivity index (χ1v) is 4.99. The van der Waals surface area contributed by atoms with Gasteiger partial charge in [-0.2, -0.15) is 0 Å². The molecular formula is C10H19NO3. The van der Waals surface area contributed by atoms with Crippen molar-refractivity contribution in [1.82, 2.24) is 5.32 Å². The summed E-state index contributed by atoms with van der Waals surface area (Å²) >= 11 is 0. The van der Waals surface area contributed by atoms with Gasteiger partial charge in [-0.05, 0) is 19.8 Å². The van der Waals surface area contributed by atoms with E-state index < -0.39 is 5.97 Å². The maximum atomic E-state index is 11.4. The highest BCUT2D eigenvalue weighted by Crippen LogP contribution is 2.03. The third kappa shape index (κ3) is 5.56. The number of hydrogen-bond acceptors (Lipinski definition) is 2. The molecule has 2 atom stereocenters. The number of carbonyl (C=O) groups is 2. The van der Waals surface area contributed by atoms with Crippen LogP contribution in [0.2, 0.25) is 0 Å². The van der Waals surface area contributed by atoms with Crippen LogP contribution in [0.5, 0.6) is 0 Å². The highest BCUT2D eigenvalue weighted by Gasteiger charge is 2.13. The molecule has 0 aromatic carbocycles. The molecule has 0 aromatic rings. The minimum absolute atomic E-state index is 0.00211. The standard InChI is InChI=1S/C10H19NO3/c1-4-7(2)10(14)11-8(3)5-6-9(12)13/h7-8H,4-6H2,1-3H3,(H,11,14)(H,12,13). The largest absolute Gasteiger partial charge is 0.481 e. The number of carboxylic acids is 1. The molecule has 0 aromatic heterocycles. The third-order valence-electron chi connectivity index (χ3n) is 2.24. The fraction of sp³-hybridized carbons (Fsp3) is 0.800. The van der Waals surface area contributed by atoms with E-state index >= 15 is 0 Å². The Labute approximate surface area is 84.7 Å². The summed E-state index contributed by atoms with van der Waals surface area (Å²) in [6.45, 7) is 5.63. The van der Waals surface area contributed by atoms with Crippen LogP contribution in [0.15, 0.2) is 0 Å². The quantitative estimate of drug-likeness (QED) is 0.682. The zero-order chi connectivity index (χ0) is 11.1. The van der Waals surface area contributed by atoms with Crippen LogP contribution in [0.4, 0.5) is 0 Å². The predicted molar refractivity (Wildman–Crippen MR) is 53.9 cm³/mol. The zero-order valence-corrected chi connectivity index (χ0v) is 9.04. The number of amides is 1. The van der Waals surface area contributed by atoms with Gasteiger partial charge in [0.25, 0.3) is 0 Å². The van der Waals surface area contributed by atoms with Crippen LogP contribution in [-0.2, 0) is 9.59 Å². The Bertz CT molecular complexity index is 204. The molecule has 4 heteroatoms. The van der Waals surface area contributed by atoms with Gasteiger partial charge in [-0.25, -0.2) is 0 Å². The minimum Gasteiger partial charge on any atom is -0.481 e. The van der Waals surface area contributed by atoms with Gasteiger partial charge in [0.2, 0.25) is 5.91 Å². The van der Waals surface area contributed by atoms with Crippen LogP contribution in [0, 0.1) is 5.92 Å². The molecule has 0 rings (SSSR count). The van der Waals surface area contributed by atoms with Gasteiger partial charge < -0.3 is 10.4 Å². The smallest absolute Gasteiger partial charge is 0.303 e. The van der Waals surface area contributed by atoms with Gasteiger partial charge in [0.15, 0.2) is 0 Å². The van der Waals surface area contributed by atoms with E-state index in [0.29, 0.717) is 6.42 Å². The maximum Gasteiger partial charge on any atom is 0.303 e. The highest BCUT2D eigenvalue weighted by molar-refractivity contribution is 5.78. The normalized spacial score (nSPS) is 14.5. The van der Waals surface area contributed by atoms with E-state index in [-0.39, 0.29) is 24.3 Å². The van der Waals surface area contributed by atoms with Crippen LogP contribution in [0.3, 0.4) is 0 Å². The van der Waals surface area contributed by atoms with Crippen molar-refractivity contribution in [2.24, 2.45) is 5.92 Å². The van der Waals surface area contributed by atoms with E-state index in [4.69, 9.17) is 5.11 Å². The van der Waals surface area contributed by atoms with E-state index in [0.717, 1.165) is 6.42 Å². The molecule has 0 saturated carbocycles. The lowest BCUT2D eigenvalue weighted by molar-refractivity contribution is -0.137. The van der Waals surface area contributed by atoms with E-state index in [2.05, 4.69) is 5.32 Å². The van der Waals surface area contributed by atoms with Gasteiger partial charge in [-0.1, -0.05) is 13.8 Å². The molecule has 1 amide bonds. The van der Waals surface area contributed by atoms with Crippen LogP contribution >= 0.6 is 0 Å². The third-order valence-corrected chi connectivity index (χ3v) is 2.24. The lowest BCUT2D eigenvalue weighted by Crippen LogP contribution is -2.36. The number of carboxylic acid groups (broad SMARTS) is 1. The number of nitrogens with one attached hydrogen (secondary N) is 1. The zero-order valence-electron chi connectivity index (χ0n) is 9.04. The lowest BCUT2D eigenvalue weighted by atomic mass is 10.1. The highest BCUT2D eigenvalue weighted by atomic mass is 16.4. The maximum absolute atomic E-state index is 11.4. The van der Waals surface area contributed by atoms with Crippen molar-refractivity contribution in [3.05, 3.63) is 0 Å². The van der Waals surface area contributed by atoms with E-state index in [1.807, 2.05) is 20.8 Å². The van der Waals surface area contributed by atoms with E-state index in [9.17, 15) is 9.59 Å². The van der Waals surface area contributed by atoms with E-state index in [1.165, 1.54) is 0 Å².